The topological polar surface area (TPSA) is 48.9 Å². The molecule has 0 aromatic heterocycles. The van der Waals surface area contributed by atoms with Crippen LogP contribution in [0, 0.1) is 6.92 Å². The van der Waals surface area contributed by atoms with Gasteiger partial charge in [-0.2, -0.15) is 0 Å². The van der Waals surface area contributed by atoms with E-state index in [9.17, 15) is 0 Å². The summed E-state index contributed by atoms with van der Waals surface area (Å²) < 4.78 is 6.01. The van der Waals surface area contributed by atoms with Crippen LogP contribution < -0.4 is 10.6 Å². The predicted octanol–water partition coefficient (Wildman–Crippen LogP) is 2.86. The lowest BCUT2D eigenvalue weighted by atomic mass is 10.1. The van der Waals surface area contributed by atoms with Crippen LogP contribution >= 0.6 is 35.7 Å². The molecule has 2 heterocycles. The standard InChI is InChI=1S/C19H30N4OS.HI/c1-14-6-7-15(18(9-14)25-3)10-21-19(20-2)22-11-17-12-23-8-4-5-16(23)13-24-17;/h6-7,9,16-17H,4-5,8,10-13H2,1-3H3,(H2,20,21,22);1H. The van der Waals surface area contributed by atoms with E-state index in [1.807, 2.05) is 7.05 Å². The normalized spacial score (nSPS) is 23.3. The van der Waals surface area contributed by atoms with Crippen LogP contribution in [0.25, 0.3) is 0 Å². The number of rotatable bonds is 5. The highest BCUT2D eigenvalue weighted by atomic mass is 127. The van der Waals surface area contributed by atoms with Crippen LogP contribution in [-0.2, 0) is 11.3 Å². The minimum atomic E-state index is 0. The number of halogens is 1. The highest BCUT2D eigenvalue weighted by Crippen LogP contribution is 2.23. The van der Waals surface area contributed by atoms with E-state index in [1.165, 1.54) is 35.4 Å². The molecule has 2 aliphatic rings. The number of benzene rings is 1. The number of morpholine rings is 1. The molecule has 146 valence electrons. The van der Waals surface area contributed by atoms with Gasteiger partial charge in [-0.1, -0.05) is 12.1 Å². The summed E-state index contributed by atoms with van der Waals surface area (Å²) in [6.45, 7) is 6.83. The fourth-order valence-electron chi connectivity index (χ4n) is 3.62. The van der Waals surface area contributed by atoms with Crippen LogP contribution in [0.5, 0.6) is 0 Å². The molecule has 2 saturated heterocycles. The average Bonchev–Trinajstić information content (AvgIpc) is 3.10. The molecule has 0 bridgehead atoms. The Bertz CT molecular complexity index is 613. The van der Waals surface area contributed by atoms with Gasteiger partial charge in [0.05, 0.1) is 12.7 Å². The first-order valence-electron chi connectivity index (χ1n) is 9.13. The first kappa shape index (κ1) is 21.8. The fourth-order valence-corrected chi connectivity index (χ4v) is 4.32. The number of ether oxygens (including phenoxy) is 1. The zero-order chi connectivity index (χ0) is 17.6. The van der Waals surface area contributed by atoms with Gasteiger partial charge >= 0.3 is 0 Å². The second-order valence-electron chi connectivity index (χ2n) is 6.87. The molecule has 7 heteroatoms. The Morgan fingerprint density at radius 1 is 1.38 bits per heavy atom. The quantitative estimate of drug-likeness (QED) is 0.288. The molecule has 1 aromatic rings. The molecule has 1 aromatic carbocycles. The van der Waals surface area contributed by atoms with Gasteiger partial charge in [0.2, 0.25) is 0 Å². The minimum absolute atomic E-state index is 0. The number of aliphatic imine (C=N–C) groups is 1. The lowest BCUT2D eigenvalue weighted by Gasteiger charge is -2.35. The summed E-state index contributed by atoms with van der Waals surface area (Å²) in [5.74, 6) is 0.833. The summed E-state index contributed by atoms with van der Waals surface area (Å²) in [6.07, 6.45) is 4.97. The molecule has 3 rings (SSSR count). The van der Waals surface area contributed by atoms with Gasteiger partial charge in [-0.3, -0.25) is 9.89 Å². The van der Waals surface area contributed by atoms with Gasteiger partial charge in [0, 0.05) is 37.6 Å². The highest BCUT2D eigenvalue weighted by molar-refractivity contribution is 14.0. The number of nitrogens with zero attached hydrogens (tertiary/aromatic N) is 2. The zero-order valence-corrected chi connectivity index (χ0v) is 19.1. The molecule has 2 atom stereocenters. The lowest BCUT2D eigenvalue weighted by Crippen LogP contribution is -2.51. The lowest BCUT2D eigenvalue weighted by molar-refractivity contribution is -0.0453. The summed E-state index contributed by atoms with van der Waals surface area (Å²) in [5, 5.41) is 6.84. The molecule has 0 radical (unpaired) electrons. The molecule has 26 heavy (non-hydrogen) atoms. The van der Waals surface area contributed by atoms with Gasteiger partial charge in [0.1, 0.15) is 0 Å². The Kier molecular flexibility index (Phi) is 8.99. The van der Waals surface area contributed by atoms with Crippen molar-refractivity contribution in [1.29, 1.82) is 0 Å². The molecule has 5 nitrogen and oxygen atoms in total. The summed E-state index contributed by atoms with van der Waals surface area (Å²) >= 11 is 1.79. The van der Waals surface area contributed by atoms with Gasteiger partial charge in [0.15, 0.2) is 5.96 Å². The van der Waals surface area contributed by atoms with Crippen LogP contribution in [0.4, 0.5) is 0 Å². The van der Waals surface area contributed by atoms with E-state index < -0.39 is 0 Å². The number of nitrogens with one attached hydrogen (secondary N) is 2. The number of thioether (sulfide) groups is 1. The SMILES string of the molecule is CN=C(NCc1ccc(C)cc1SC)NCC1CN2CCCC2CO1.I. The van der Waals surface area contributed by atoms with Crippen LogP contribution in [0.15, 0.2) is 28.1 Å². The van der Waals surface area contributed by atoms with Crippen molar-refractivity contribution in [3.8, 4) is 0 Å². The number of fused-ring (bicyclic) bond motifs is 1. The summed E-state index contributed by atoms with van der Waals surface area (Å²) in [6, 6.07) is 7.24. The maximum atomic E-state index is 6.01. The molecular weight excluding hydrogens is 459 g/mol. The predicted molar refractivity (Wildman–Crippen MR) is 121 cm³/mol. The van der Waals surface area contributed by atoms with Gasteiger partial charge < -0.3 is 15.4 Å². The molecule has 0 spiro atoms. The minimum Gasteiger partial charge on any atom is -0.373 e. The average molecular weight is 490 g/mol. The Morgan fingerprint density at radius 2 is 2.23 bits per heavy atom. The Morgan fingerprint density at radius 3 is 3.00 bits per heavy atom. The van der Waals surface area contributed by atoms with Gasteiger partial charge in [-0.05, 0) is 49.8 Å². The number of guanidine groups is 1. The number of hydrogen-bond donors (Lipinski definition) is 2. The van der Waals surface area contributed by atoms with Gasteiger partial charge in [0.25, 0.3) is 0 Å². The van der Waals surface area contributed by atoms with Crippen LogP contribution in [0.2, 0.25) is 0 Å². The van der Waals surface area contributed by atoms with E-state index in [1.54, 1.807) is 11.8 Å². The van der Waals surface area contributed by atoms with Gasteiger partial charge in [-0.15, -0.1) is 35.7 Å². The molecule has 2 unspecified atom stereocenters. The third kappa shape index (κ3) is 5.74. The van der Waals surface area contributed by atoms with E-state index in [0.717, 1.165) is 32.2 Å². The monoisotopic (exact) mass is 490 g/mol. The Balaban J connectivity index is 0.00000243. The van der Waals surface area contributed by atoms with Crippen molar-refractivity contribution in [2.75, 3.05) is 39.5 Å². The van der Waals surface area contributed by atoms with Crippen molar-refractivity contribution in [3.63, 3.8) is 0 Å². The first-order chi connectivity index (χ1) is 12.2. The molecule has 0 amide bonds. The summed E-state index contributed by atoms with van der Waals surface area (Å²) in [4.78, 5) is 8.24. The van der Waals surface area contributed by atoms with E-state index >= 15 is 0 Å². The van der Waals surface area contributed by atoms with Crippen LogP contribution in [0.3, 0.4) is 0 Å². The zero-order valence-electron chi connectivity index (χ0n) is 16.0. The van der Waals surface area contributed by atoms with Crippen molar-refractivity contribution in [2.24, 2.45) is 4.99 Å². The molecular formula is C19H31IN4OS. The third-order valence-electron chi connectivity index (χ3n) is 5.07. The smallest absolute Gasteiger partial charge is 0.191 e. The van der Waals surface area contributed by atoms with Crippen molar-refractivity contribution in [3.05, 3.63) is 29.3 Å². The molecule has 0 saturated carbocycles. The number of hydrogen-bond acceptors (Lipinski definition) is 4. The van der Waals surface area contributed by atoms with Crippen LogP contribution in [-0.4, -0.2) is 62.5 Å². The third-order valence-corrected chi connectivity index (χ3v) is 5.89. The van der Waals surface area contributed by atoms with E-state index in [-0.39, 0.29) is 30.1 Å². The molecule has 0 aliphatic carbocycles. The van der Waals surface area contributed by atoms with Crippen molar-refractivity contribution < 1.29 is 4.74 Å². The van der Waals surface area contributed by atoms with Crippen molar-refractivity contribution in [1.82, 2.24) is 15.5 Å². The van der Waals surface area contributed by atoms with E-state index in [2.05, 4.69) is 51.9 Å². The fraction of sp³-hybridized carbons (Fsp3) is 0.632. The molecule has 2 N–H and O–H groups in total. The first-order valence-corrected chi connectivity index (χ1v) is 10.4. The number of aryl methyl sites for hydroxylation is 1. The van der Waals surface area contributed by atoms with E-state index in [4.69, 9.17) is 4.74 Å². The highest BCUT2D eigenvalue weighted by Gasteiger charge is 2.32. The second-order valence-corrected chi connectivity index (χ2v) is 7.72. The second kappa shape index (κ2) is 10.7. The van der Waals surface area contributed by atoms with E-state index in [0.29, 0.717) is 6.04 Å². The Hall–Kier alpha value is -0.510. The summed E-state index contributed by atoms with van der Waals surface area (Å²) in [5.41, 5.74) is 2.60. The van der Waals surface area contributed by atoms with Crippen molar-refractivity contribution >= 4 is 41.7 Å². The summed E-state index contributed by atoms with van der Waals surface area (Å²) in [7, 11) is 1.82. The maximum Gasteiger partial charge on any atom is 0.191 e. The largest absolute Gasteiger partial charge is 0.373 e. The van der Waals surface area contributed by atoms with Crippen molar-refractivity contribution in [2.45, 2.75) is 43.4 Å². The molecule has 2 fully saturated rings. The molecule has 2 aliphatic heterocycles. The van der Waals surface area contributed by atoms with Crippen LogP contribution in [0.1, 0.15) is 24.0 Å². The Labute approximate surface area is 178 Å². The maximum absolute atomic E-state index is 6.01. The van der Waals surface area contributed by atoms with Gasteiger partial charge in [-0.25, -0.2) is 0 Å².